The highest BCUT2D eigenvalue weighted by Gasteiger charge is 2.26. The molecule has 1 aliphatic heterocycles. The van der Waals surface area contributed by atoms with E-state index in [1.807, 2.05) is 6.07 Å². The van der Waals surface area contributed by atoms with Gasteiger partial charge in [0.2, 0.25) is 0 Å². The van der Waals surface area contributed by atoms with Crippen molar-refractivity contribution in [1.82, 2.24) is 24.9 Å². The van der Waals surface area contributed by atoms with E-state index in [9.17, 15) is 4.79 Å². The lowest BCUT2D eigenvalue weighted by atomic mass is 9.92. The first-order chi connectivity index (χ1) is 16.1. The molecule has 2 fully saturated rings. The first kappa shape index (κ1) is 21.3. The molecule has 1 saturated heterocycles. The maximum atomic E-state index is 13.1. The van der Waals surface area contributed by atoms with E-state index in [2.05, 4.69) is 31.8 Å². The molecular formula is C23H25N7O3. The number of anilines is 1. The predicted molar refractivity (Wildman–Crippen MR) is 120 cm³/mol. The maximum absolute atomic E-state index is 13.1. The second-order valence-electron chi connectivity index (χ2n) is 8.46. The number of nitrogens with one attached hydrogen (secondary N) is 2. The molecular weight excluding hydrogens is 422 g/mol. The normalized spacial score (nSPS) is 20.7. The molecule has 3 aromatic rings. The van der Waals surface area contributed by atoms with E-state index in [1.54, 1.807) is 30.2 Å². The predicted octanol–water partition coefficient (Wildman–Crippen LogP) is 2.16. The number of ether oxygens (including phenoxy) is 2. The fourth-order valence-electron chi connectivity index (χ4n) is 4.26. The molecule has 170 valence electrons. The van der Waals surface area contributed by atoms with E-state index in [1.165, 1.54) is 6.20 Å². The summed E-state index contributed by atoms with van der Waals surface area (Å²) >= 11 is 0. The third kappa shape index (κ3) is 4.37. The summed E-state index contributed by atoms with van der Waals surface area (Å²) in [6, 6.07) is 4.18. The topological polar surface area (TPSA) is 126 Å². The van der Waals surface area contributed by atoms with Crippen LogP contribution in [-0.4, -0.2) is 64.0 Å². The number of nitriles is 1. The molecule has 1 aliphatic carbocycles. The third-order valence-corrected chi connectivity index (χ3v) is 6.25. The lowest BCUT2D eigenvalue weighted by Crippen LogP contribution is -2.42. The van der Waals surface area contributed by atoms with Crippen LogP contribution in [0.3, 0.4) is 0 Å². The van der Waals surface area contributed by atoms with Gasteiger partial charge in [-0.15, -0.1) is 0 Å². The summed E-state index contributed by atoms with van der Waals surface area (Å²) in [5.41, 5.74) is 3.56. The molecule has 2 N–H and O–H groups in total. The molecule has 3 aromatic heterocycles. The highest BCUT2D eigenvalue weighted by Crippen LogP contribution is 2.28. The lowest BCUT2D eigenvalue weighted by molar-refractivity contribution is 0.0210. The molecule has 0 spiro atoms. The van der Waals surface area contributed by atoms with Crippen molar-refractivity contribution >= 4 is 17.2 Å². The van der Waals surface area contributed by atoms with Crippen LogP contribution >= 0.6 is 0 Å². The van der Waals surface area contributed by atoms with Crippen LogP contribution in [0.25, 0.3) is 16.9 Å². The van der Waals surface area contributed by atoms with Crippen LogP contribution in [0.15, 0.2) is 30.9 Å². The maximum Gasteiger partial charge on any atom is 0.255 e. The SMILES string of the molecule is CO[C@H]1CC[C@H](NC(=O)c2cnc(-c3cnn4cc(C#N)cnc34)cc2NC2COC2)CC1. The van der Waals surface area contributed by atoms with Crippen molar-refractivity contribution in [3.05, 3.63) is 42.0 Å². The molecule has 33 heavy (non-hydrogen) atoms. The van der Waals surface area contributed by atoms with Crippen LogP contribution < -0.4 is 10.6 Å². The van der Waals surface area contributed by atoms with Crippen molar-refractivity contribution in [3.8, 4) is 17.3 Å². The molecule has 1 amide bonds. The Kier molecular flexibility index (Phi) is 5.90. The summed E-state index contributed by atoms with van der Waals surface area (Å²) < 4.78 is 12.3. The van der Waals surface area contributed by atoms with E-state index < -0.39 is 0 Å². The van der Waals surface area contributed by atoms with Crippen LogP contribution in [-0.2, 0) is 9.47 Å². The molecule has 0 radical (unpaired) electrons. The monoisotopic (exact) mass is 447 g/mol. The van der Waals surface area contributed by atoms with Crippen molar-refractivity contribution in [1.29, 1.82) is 5.26 Å². The number of methoxy groups -OCH3 is 1. The van der Waals surface area contributed by atoms with E-state index in [0.29, 0.717) is 41.4 Å². The van der Waals surface area contributed by atoms with Crippen LogP contribution in [0.5, 0.6) is 0 Å². The Balaban J connectivity index is 1.42. The van der Waals surface area contributed by atoms with Crippen molar-refractivity contribution in [3.63, 3.8) is 0 Å². The van der Waals surface area contributed by atoms with Crippen molar-refractivity contribution < 1.29 is 14.3 Å². The molecule has 1 saturated carbocycles. The Bertz CT molecular complexity index is 1210. The number of carbonyl (C=O) groups excluding carboxylic acids is 1. The van der Waals surface area contributed by atoms with Crippen LogP contribution in [0, 0.1) is 11.3 Å². The van der Waals surface area contributed by atoms with Crippen LogP contribution in [0.1, 0.15) is 41.6 Å². The van der Waals surface area contributed by atoms with Gasteiger partial charge in [-0.05, 0) is 31.7 Å². The zero-order valence-corrected chi connectivity index (χ0v) is 18.3. The molecule has 5 rings (SSSR count). The summed E-state index contributed by atoms with van der Waals surface area (Å²) in [7, 11) is 1.74. The first-order valence-corrected chi connectivity index (χ1v) is 11.1. The van der Waals surface area contributed by atoms with E-state index in [-0.39, 0.29) is 24.1 Å². The molecule has 0 atom stereocenters. The van der Waals surface area contributed by atoms with Gasteiger partial charge in [0.15, 0.2) is 5.65 Å². The quantitative estimate of drug-likeness (QED) is 0.589. The van der Waals surface area contributed by atoms with Gasteiger partial charge in [0.1, 0.15) is 6.07 Å². The average Bonchev–Trinajstić information content (AvgIpc) is 3.25. The van der Waals surface area contributed by atoms with Gasteiger partial charge in [0.25, 0.3) is 5.91 Å². The molecule has 0 aromatic carbocycles. The minimum absolute atomic E-state index is 0.126. The number of fused-ring (bicyclic) bond motifs is 1. The van der Waals surface area contributed by atoms with Gasteiger partial charge in [0, 0.05) is 25.5 Å². The van der Waals surface area contributed by atoms with Gasteiger partial charge in [-0.3, -0.25) is 9.78 Å². The highest BCUT2D eigenvalue weighted by molar-refractivity contribution is 6.00. The minimum Gasteiger partial charge on any atom is -0.381 e. The number of amides is 1. The zero-order chi connectivity index (χ0) is 22.8. The van der Waals surface area contributed by atoms with Crippen LogP contribution in [0.2, 0.25) is 0 Å². The number of pyridine rings is 1. The van der Waals surface area contributed by atoms with Crippen molar-refractivity contribution in [2.45, 2.75) is 43.9 Å². The zero-order valence-electron chi connectivity index (χ0n) is 18.3. The summed E-state index contributed by atoms with van der Waals surface area (Å²) in [6.07, 6.45) is 10.3. The Hall–Kier alpha value is -3.55. The van der Waals surface area contributed by atoms with Gasteiger partial charge in [0.05, 0.1) is 65.8 Å². The Labute approximate surface area is 190 Å². The fourth-order valence-corrected chi connectivity index (χ4v) is 4.26. The molecule has 4 heterocycles. The average molecular weight is 447 g/mol. The number of hydrogen-bond acceptors (Lipinski definition) is 8. The standard InChI is InChI=1S/C23H25N7O3/c1-32-17-4-2-15(3-5-17)29-23(31)19-9-25-20(6-21(19)28-16-12-33-13-16)18-10-27-30-11-14(7-24)8-26-22(18)30/h6,8-11,15-17H,2-5,12-13H2,1H3,(H,25,28)(H,29,31)/t15-,17-. The third-order valence-electron chi connectivity index (χ3n) is 6.25. The van der Waals surface area contributed by atoms with E-state index >= 15 is 0 Å². The van der Waals surface area contributed by atoms with Gasteiger partial charge < -0.3 is 20.1 Å². The van der Waals surface area contributed by atoms with Gasteiger partial charge in [-0.1, -0.05) is 0 Å². The van der Waals surface area contributed by atoms with Crippen molar-refractivity contribution in [2.75, 3.05) is 25.6 Å². The molecule has 2 aliphatic rings. The summed E-state index contributed by atoms with van der Waals surface area (Å²) in [5, 5.41) is 20.0. The first-order valence-electron chi connectivity index (χ1n) is 11.1. The number of hydrogen-bond donors (Lipinski definition) is 2. The number of aromatic nitrogens is 4. The summed E-state index contributed by atoms with van der Waals surface area (Å²) in [4.78, 5) is 22.1. The number of rotatable bonds is 6. The minimum atomic E-state index is -0.144. The number of carbonyl (C=O) groups is 1. The summed E-state index contributed by atoms with van der Waals surface area (Å²) in [5.74, 6) is -0.144. The second-order valence-corrected chi connectivity index (χ2v) is 8.46. The fraction of sp³-hybridized carbons (Fsp3) is 0.435. The van der Waals surface area contributed by atoms with E-state index in [4.69, 9.17) is 14.7 Å². The summed E-state index contributed by atoms with van der Waals surface area (Å²) in [6.45, 7) is 1.18. The van der Waals surface area contributed by atoms with Gasteiger partial charge in [-0.25, -0.2) is 9.50 Å². The smallest absolute Gasteiger partial charge is 0.255 e. The Morgan fingerprint density at radius 3 is 2.70 bits per heavy atom. The van der Waals surface area contributed by atoms with Crippen LogP contribution in [0.4, 0.5) is 5.69 Å². The molecule has 10 heteroatoms. The highest BCUT2D eigenvalue weighted by atomic mass is 16.5. The van der Waals surface area contributed by atoms with E-state index in [0.717, 1.165) is 31.2 Å². The lowest BCUT2D eigenvalue weighted by Gasteiger charge is -2.30. The molecule has 0 unspecified atom stereocenters. The van der Waals surface area contributed by atoms with Crippen molar-refractivity contribution in [2.24, 2.45) is 0 Å². The number of nitrogens with zero attached hydrogens (tertiary/aromatic N) is 5. The van der Waals surface area contributed by atoms with Gasteiger partial charge in [-0.2, -0.15) is 10.4 Å². The second kappa shape index (κ2) is 9.13. The largest absolute Gasteiger partial charge is 0.381 e. The molecule has 10 nitrogen and oxygen atoms in total. The Morgan fingerprint density at radius 1 is 1.18 bits per heavy atom. The molecule has 0 bridgehead atoms. The Morgan fingerprint density at radius 2 is 2.00 bits per heavy atom. The van der Waals surface area contributed by atoms with Gasteiger partial charge >= 0.3 is 0 Å².